The van der Waals surface area contributed by atoms with Crippen LogP contribution in [0.1, 0.15) is 77.3 Å². The number of likely N-dealkylation sites (tertiary alicyclic amines) is 2. The first kappa shape index (κ1) is 59.8. The Kier molecular flexibility index (Phi) is 23.6. The second-order valence-corrected chi connectivity index (χ2v) is 20.0. The Morgan fingerprint density at radius 3 is 1.31 bits per heavy atom. The predicted molar refractivity (Wildman–Crippen MR) is 240 cm³/mol. The number of imidazole rings is 2. The minimum atomic E-state index is -1.35. The Morgan fingerprint density at radius 2 is 1.01 bits per heavy atom. The van der Waals surface area contributed by atoms with Gasteiger partial charge in [-0.15, -0.1) is 0 Å². The minimum Gasteiger partial charge on any atom is -0.480 e. The quantitative estimate of drug-likeness (QED) is 0.164. The first-order chi connectivity index (χ1) is 30.1. The number of hydrogen-bond donors (Lipinski definition) is 1. The predicted octanol–water partition coefficient (Wildman–Crippen LogP) is 4.19. The summed E-state index contributed by atoms with van der Waals surface area (Å²) in [5.74, 6) is -5.48. The first-order valence-electron chi connectivity index (χ1n) is 19.9. The molecule has 2 aliphatic rings. The van der Waals surface area contributed by atoms with E-state index >= 15 is 0 Å². The summed E-state index contributed by atoms with van der Waals surface area (Å²) in [6.45, 7) is 10.3. The van der Waals surface area contributed by atoms with Crippen LogP contribution in [0.25, 0.3) is 0 Å². The summed E-state index contributed by atoms with van der Waals surface area (Å²) in [6, 6.07) is 4.14. The molecule has 5 atom stereocenters. The fourth-order valence-corrected chi connectivity index (χ4v) is 7.13. The number of halogens is 4. The number of ether oxygens (including phenoxy) is 2. The Bertz CT molecular complexity index is 2250. The van der Waals surface area contributed by atoms with Crippen LogP contribution >= 0.6 is 0 Å². The number of carbonyl (C=O) groups is 5. The van der Waals surface area contributed by atoms with Gasteiger partial charge in [0.1, 0.15) is 53.2 Å². The Hall–Kier alpha value is -5.17. The molecular weight excluding hydrogens is 920 g/mol. The van der Waals surface area contributed by atoms with Gasteiger partial charge in [0.05, 0.1) is 11.8 Å². The number of benzene rings is 2. The Labute approximate surface area is 404 Å². The largest absolute Gasteiger partial charge is 1.00 e. The molecule has 0 radical (unpaired) electrons. The molecule has 2 aromatic heterocycles. The van der Waals surface area contributed by atoms with Crippen molar-refractivity contribution < 1.29 is 83.4 Å². The SMILES string of the molecule is CC(C)(C)OC(=O)N1C[C@H](c2cc(F)cc(F)c2)CC1C(=O)O.CS(=O)CC(=O)C1C[C@@H](c2cc(F)cc(F)c2)CN1C(=O)OC(C)(C)C.CS(C)=O.O=C(n1ccnc1)n1ccnc1.[CH3-].[Li+]. The van der Waals surface area contributed by atoms with E-state index in [0.717, 1.165) is 29.2 Å². The smallest absolute Gasteiger partial charge is 0.480 e. The molecule has 6 rings (SSSR count). The average molecular weight is 977 g/mol. The Morgan fingerprint density at radius 1 is 0.672 bits per heavy atom. The molecule has 0 aliphatic carbocycles. The molecule has 364 valence electrons. The summed E-state index contributed by atoms with van der Waals surface area (Å²) in [5, 5.41) is 9.31. The molecule has 2 aromatic carbocycles. The maximum atomic E-state index is 13.5. The summed E-state index contributed by atoms with van der Waals surface area (Å²) in [7, 11) is -1.96. The van der Waals surface area contributed by atoms with Crippen molar-refractivity contribution in [3.05, 3.63) is 116 Å². The van der Waals surface area contributed by atoms with Gasteiger partial charge in [-0.1, -0.05) is 0 Å². The number of nitrogens with zero attached hydrogens (tertiary/aromatic N) is 6. The molecule has 0 spiro atoms. The van der Waals surface area contributed by atoms with E-state index in [9.17, 15) is 55.1 Å². The van der Waals surface area contributed by atoms with Crippen LogP contribution in [0.2, 0.25) is 0 Å². The molecule has 2 saturated heterocycles. The van der Waals surface area contributed by atoms with Gasteiger partial charge >= 0.3 is 43.0 Å². The monoisotopic (exact) mass is 976 g/mol. The second-order valence-electron chi connectivity index (χ2n) is 17.1. The van der Waals surface area contributed by atoms with Gasteiger partial charge in [0.25, 0.3) is 0 Å². The standard InChI is InChI=1S/C18H23F2NO4S.C16H19F2NO4.C7H6N4O.C2H6OS.CH3.Li/c1-18(2,3)25-17(23)21-9-12(7-15(21)16(22)10-26(4)24)11-5-13(19)8-14(20)6-11;1-16(2,3)23-15(22)19-8-10(6-13(19)14(20)21)9-4-11(17)7-12(18)5-9;12-7(10-3-1-8-5-10)11-4-2-9-6-11;1-4(2)3;;/h5-6,8,12,15H,7,9-10H2,1-4H3;4-5,7,10,13H,6,8H2,1-3H3,(H,20,21);1-6H;1-2H3;1H3;/q;;;;-1;+1/t12-,15?,26?;10-,13?;;;;/m11..../s1. The molecule has 2 fully saturated rings. The van der Waals surface area contributed by atoms with E-state index in [1.807, 2.05) is 0 Å². The second kappa shape index (κ2) is 26.4. The topological polar surface area (TPSA) is 200 Å². The van der Waals surface area contributed by atoms with Crippen LogP contribution in [0.4, 0.5) is 31.9 Å². The van der Waals surface area contributed by atoms with Crippen LogP contribution in [-0.4, -0.2) is 133 Å². The van der Waals surface area contributed by atoms with E-state index in [1.54, 1.807) is 78.8 Å². The van der Waals surface area contributed by atoms with Crippen LogP contribution in [0.3, 0.4) is 0 Å². The van der Waals surface area contributed by atoms with Gasteiger partial charge in [-0.25, -0.2) is 46.7 Å². The van der Waals surface area contributed by atoms with E-state index in [0.29, 0.717) is 11.1 Å². The number of Topliss-reactive ketones (excluding diaryl/α,β-unsaturated/α-hetero) is 1. The van der Waals surface area contributed by atoms with Crippen molar-refractivity contribution in [1.29, 1.82) is 0 Å². The number of hydrogen-bond acceptors (Lipinski definition) is 11. The van der Waals surface area contributed by atoms with Crippen LogP contribution in [0, 0.1) is 30.7 Å². The zero-order chi connectivity index (χ0) is 49.0. The number of carbonyl (C=O) groups excluding carboxylic acids is 4. The molecule has 3 unspecified atom stereocenters. The van der Waals surface area contributed by atoms with Crippen molar-refractivity contribution in [2.75, 3.05) is 37.6 Å². The van der Waals surface area contributed by atoms with Crippen molar-refractivity contribution in [1.82, 2.24) is 28.9 Å². The van der Waals surface area contributed by atoms with Crippen LogP contribution < -0.4 is 18.9 Å². The van der Waals surface area contributed by atoms with E-state index in [-0.39, 0.29) is 69.8 Å². The van der Waals surface area contributed by atoms with Crippen molar-refractivity contribution in [2.45, 2.75) is 89.5 Å². The van der Waals surface area contributed by atoms with E-state index < -0.39 is 98.1 Å². The molecule has 4 aromatic rings. The van der Waals surface area contributed by atoms with Gasteiger partial charge in [-0.2, -0.15) is 0 Å². The summed E-state index contributed by atoms with van der Waals surface area (Å²) < 4.78 is 88.1. The van der Waals surface area contributed by atoms with Crippen molar-refractivity contribution >= 4 is 51.6 Å². The molecule has 2 aliphatic heterocycles. The number of rotatable bonds is 6. The van der Waals surface area contributed by atoms with Gasteiger partial charge in [0.2, 0.25) is 0 Å². The third-order valence-corrected chi connectivity index (χ3v) is 9.71. The fraction of sp³-hybridized carbons (Fsp3) is 0.455. The van der Waals surface area contributed by atoms with Crippen molar-refractivity contribution in [3.8, 4) is 0 Å². The van der Waals surface area contributed by atoms with Gasteiger partial charge < -0.3 is 22.0 Å². The van der Waals surface area contributed by atoms with E-state index in [1.165, 1.54) is 45.1 Å². The van der Waals surface area contributed by atoms with Crippen LogP contribution in [0.5, 0.6) is 0 Å². The third kappa shape index (κ3) is 19.9. The Balaban J connectivity index is 0.000000498. The summed E-state index contributed by atoms with van der Waals surface area (Å²) in [4.78, 5) is 69.8. The van der Waals surface area contributed by atoms with Crippen molar-refractivity contribution in [3.63, 3.8) is 0 Å². The first-order valence-corrected chi connectivity index (χ1v) is 23.6. The molecule has 0 bridgehead atoms. The van der Waals surface area contributed by atoms with E-state index in [2.05, 4.69) is 9.97 Å². The maximum Gasteiger partial charge on any atom is 1.00 e. The molecule has 67 heavy (non-hydrogen) atoms. The summed E-state index contributed by atoms with van der Waals surface area (Å²) >= 11 is 0. The average Bonchev–Trinajstić information content (AvgIpc) is 3.99. The molecule has 23 heteroatoms. The third-order valence-electron chi connectivity index (χ3n) is 9.02. The summed E-state index contributed by atoms with van der Waals surface area (Å²) in [6.07, 6.45) is 12.7. The van der Waals surface area contributed by atoms with Crippen molar-refractivity contribution in [2.24, 2.45) is 0 Å². The van der Waals surface area contributed by atoms with Gasteiger partial charge in [0.15, 0.2) is 5.78 Å². The van der Waals surface area contributed by atoms with Gasteiger partial charge in [0, 0.05) is 102 Å². The minimum absolute atomic E-state index is 0. The number of ketones is 1. The van der Waals surface area contributed by atoms with Gasteiger partial charge in [-0.05, 0) is 89.8 Å². The number of amides is 2. The molecule has 2 amide bonds. The number of carboxylic acid groups (broad SMARTS) is 1. The van der Waals surface area contributed by atoms with Crippen LogP contribution in [0.15, 0.2) is 73.8 Å². The normalized spacial score (nSPS) is 18.0. The zero-order valence-corrected chi connectivity index (χ0v) is 41.0. The molecule has 1 N–H and O–H groups in total. The number of aliphatic carboxylic acids is 1. The van der Waals surface area contributed by atoms with E-state index in [4.69, 9.17) is 9.47 Å². The zero-order valence-electron chi connectivity index (χ0n) is 39.4. The molecular formula is C44H57F4LiN6O10S2. The fourth-order valence-electron chi connectivity index (χ4n) is 6.54. The molecule has 16 nitrogen and oxygen atoms in total. The van der Waals surface area contributed by atoms with Crippen LogP contribution in [-0.2, 0) is 40.7 Å². The summed E-state index contributed by atoms with van der Waals surface area (Å²) in [5.41, 5.74) is -0.798. The van der Waals surface area contributed by atoms with Gasteiger partial charge in [-0.3, -0.25) is 32.1 Å². The molecule has 0 saturated carbocycles. The molecule has 4 heterocycles. The maximum absolute atomic E-state index is 13.5. The number of carboxylic acids is 1. The number of aromatic nitrogens is 4.